The van der Waals surface area contributed by atoms with Crippen molar-refractivity contribution in [2.24, 2.45) is 11.8 Å². The normalized spacial score (nSPS) is 22.7. The van der Waals surface area contributed by atoms with Crippen LogP contribution in [0.15, 0.2) is 18.2 Å². The Morgan fingerprint density at radius 3 is 2.21 bits per heavy atom. The van der Waals surface area contributed by atoms with E-state index in [2.05, 4.69) is 0 Å². The fourth-order valence-electron chi connectivity index (χ4n) is 2.93. The van der Waals surface area contributed by atoms with Crippen LogP contribution < -0.4 is 0 Å². The third kappa shape index (κ3) is 3.72. The fraction of sp³-hybridized carbons (Fsp3) is 0.533. The lowest BCUT2D eigenvalue weighted by Crippen LogP contribution is -2.34. The summed E-state index contributed by atoms with van der Waals surface area (Å²) in [6, 6.07) is 5.21. The van der Waals surface area contributed by atoms with Crippen LogP contribution in [-0.2, 0) is 20.6 Å². The molecule has 0 aromatic heterocycles. The molecule has 0 radical (unpaired) electrons. The number of nitrogens with zero attached hydrogens (tertiary/aromatic N) is 1. The molecule has 9 heteroatoms. The van der Waals surface area contributed by atoms with Crippen LogP contribution in [-0.4, -0.2) is 43.1 Å². The van der Waals surface area contributed by atoms with E-state index in [-0.39, 0.29) is 0 Å². The SMILES string of the molecule is Cc1cccc(C)c1CS(=O)(=O)N1C[C@@H](C(F)(F)F)[C@H](C(=O)O)C1. The summed E-state index contributed by atoms with van der Waals surface area (Å²) < 4.78 is 64.7. The van der Waals surface area contributed by atoms with Crippen LogP contribution in [0.4, 0.5) is 13.2 Å². The Balaban J connectivity index is 2.29. The Morgan fingerprint density at radius 2 is 1.79 bits per heavy atom. The second kappa shape index (κ2) is 6.36. The summed E-state index contributed by atoms with van der Waals surface area (Å²) in [5.41, 5.74) is 1.97. The minimum absolute atomic E-state index is 0.442. The van der Waals surface area contributed by atoms with E-state index < -0.39 is 52.8 Å². The maximum absolute atomic E-state index is 13.0. The largest absolute Gasteiger partial charge is 0.481 e. The molecule has 0 amide bonds. The molecule has 0 aliphatic carbocycles. The number of carboxylic acid groups (broad SMARTS) is 1. The Labute approximate surface area is 138 Å². The van der Waals surface area contributed by atoms with Crippen molar-refractivity contribution in [2.75, 3.05) is 13.1 Å². The van der Waals surface area contributed by atoms with Gasteiger partial charge in [-0.15, -0.1) is 0 Å². The number of aryl methyl sites for hydroxylation is 2. The van der Waals surface area contributed by atoms with Gasteiger partial charge in [0.15, 0.2) is 0 Å². The summed E-state index contributed by atoms with van der Waals surface area (Å²) in [7, 11) is -4.05. The molecule has 1 heterocycles. The van der Waals surface area contributed by atoms with Gasteiger partial charge in [-0.2, -0.15) is 13.2 Å². The number of benzene rings is 1. The van der Waals surface area contributed by atoms with Crippen LogP contribution in [0.1, 0.15) is 16.7 Å². The number of halogens is 3. The van der Waals surface area contributed by atoms with Crippen molar-refractivity contribution in [1.29, 1.82) is 0 Å². The van der Waals surface area contributed by atoms with Crippen LogP contribution in [0, 0.1) is 25.7 Å². The maximum atomic E-state index is 13.0. The van der Waals surface area contributed by atoms with Crippen molar-refractivity contribution in [3.05, 3.63) is 34.9 Å². The second-order valence-electron chi connectivity index (χ2n) is 6.04. The number of alkyl halides is 3. The molecule has 2 rings (SSSR count). The highest BCUT2D eigenvalue weighted by molar-refractivity contribution is 7.88. The molecule has 1 N–H and O–H groups in total. The molecule has 1 aliphatic heterocycles. The first kappa shape index (κ1) is 18.7. The van der Waals surface area contributed by atoms with Gasteiger partial charge >= 0.3 is 12.1 Å². The topological polar surface area (TPSA) is 74.7 Å². The number of rotatable bonds is 4. The van der Waals surface area contributed by atoms with Crippen molar-refractivity contribution < 1.29 is 31.5 Å². The summed E-state index contributed by atoms with van der Waals surface area (Å²) >= 11 is 0. The first-order valence-electron chi connectivity index (χ1n) is 7.26. The highest BCUT2D eigenvalue weighted by Gasteiger charge is 2.54. The van der Waals surface area contributed by atoms with Gasteiger partial charge in [0.2, 0.25) is 10.0 Å². The smallest absolute Gasteiger partial charge is 0.393 e. The number of carbonyl (C=O) groups is 1. The average Bonchev–Trinajstić information content (AvgIpc) is 2.89. The van der Waals surface area contributed by atoms with Gasteiger partial charge in [0.1, 0.15) is 0 Å². The molecule has 1 saturated heterocycles. The number of hydrogen-bond donors (Lipinski definition) is 1. The zero-order chi connectivity index (χ0) is 18.3. The van der Waals surface area contributed by atoms with E-state index in [1.54, 1.807) is 32.0 Å². The summed E-state index contributed by atoms with van der Waals surface area (Å²) in [6.07, 6.45) is -4.76. The predicted octanol–water partition coefficient (Wildman–Crippen LogP) is 2.33. The van der Waals surface area contributed by atoms with Gasteiger partial charge in [-0.25, -0.2) is 12.7 Å². The van der Waals surface area contributed by atoms with Gasteiger partial charge in [0.25, 0.3) is 0 Å². The monoisotopic (exact) mass is 365 g/mol. The minimum atomic E-state index is -4.76. The van der Waals surface area contributed by atoms with Crippen molar-refractivity contribution in [3.8, 4) is 0 Å². The zero-order valence-electron chi connectivity index (χ0n) is 13.2. The molecule has 0 saturated carbocycles. The molecule has 134 valence electrons. The third-order valence-electron chi connectivity index (χ3n) is 4.39. The molecular weight excluding hydrogens is 347 g/mol. The van der Waals surface area contributed by atoms with E-state index in [0.29, 0.717) is 9.87 Å². The van der Waals surface area contributed by atoms with Crippen LogP contribution in [0.5, 0.6) is 0 Å². The molecule has 1 fully saturated rings. The Morgan fingerprint density at radius 1 is 1.25 bits per heavy atom. The molecular formula is C15H18F3NO4S. The summed E-state index contributed by atoms with van der Waals surface area (Å²) in [6.45, 7) is 1.93. The lowest BCUT2D eigenvalue weighted by molar-refractivity contribution is -0.187. The van der Waals surface area contributed by atoms with Crippen LogP contribution in [0.25, 0.3) is 0 Å². The molecule has 0 bridgehead atoms. The highest BCUT2D eigenvalue weighted by Crippen LogP contribution is 2.39. The van der Waals surface area contributed by atoms with E-state index in [4.69, 9.17) is 5.11 Å². The van der Waals surface area contributed by atoms with Crippen molar-refractivity contribution >= 4 is 16.0 Å². The lowest BCUT2D eigenvalue weighted by Gasteiger charge is -2.19. The fourth-order valence-corrected chi connectivity index (χ4v) is 4.71. The van der Waals surface area contributed by atoms with Gasteiger partial charge in [0.05, 0.1) is 17.6 Å². The van der Waals surface area contributed by atoms with Crippen LogP contribution in [0.2, 0.25) is 0 Å². The highest BCUT2D eigenvalue weighted by atomic mass is 32.2. The molecule has 0 unspecified atom stereocenters. The van der Waals surface area contributed by atoms with Gasteiger partial charge < -0.3 is 5.11 Å². The average molecular weight is 365 g/mol. The van der Waals surface area contributed by atoms with Crippen molar-refractivity contribution in [2.45, 2.75) is 25.8 Å². The molecule has 1 aliphatic rings. The van der Waals surface area contributed by atoms with Crippen molar-refractivity contribution in [1.82, 2.24) is 4.31 Å². The number of carboxylic acids is 1. The minimum Gasteiger partial charge on any atom is -0.481 e. The molecule has 1 aromatic rings. The van der Waals surface area contributed by atoms with E-state index in [1.165, 1.54) is 0 Å². The summed E-state index contributed by atoms with van der Waals surface area (Å²) in [5, 5.41) is 8.99. The summed E-state index contributed by atoms with van der Waals surface area (Å²) in [4.78, 5) is 11.1. The van der Waals surface area contributed by atoms with Crippen LogP contribution in [0.3, 0.4) is 0 Å². The molecule has 2 atom stereocenters. The third-order valence-corrected chi connectivity index (χ3v) is 6.13. The Hall–Kier alpha value is -1.61. The van der Waals surface area contributed by atoms with Gasteiger partial charge in [-0.1, -0.05) is 18.2 Å². The number of sulfonamides is 1. The molecule has 24 heavy (non-hydrogen) atoms. The number of hydrogen-bond acceptors (Lipinski definition) is 3. The molecule has 1 aromatic carbocycles. The van der Waals surface area contributed by atoms with Gasteiger partial charge in [-0.3, -0.25) is 4.79 Å². The molecule has 5 nitrogen and oxygen atoms in total. The zero-order valence-corrected chi connectivity index (χ0v) is 14.0. The second-order valence-corrected chi connectivity index (χ2v) is 8.01. The van der Waals surface area contributed by atoms with E-state index in [1.807, 2.05) is 0 Å². The lowest BCUT2D eigenvalue weighted by atomic mass is 9.96. The van der Waals surface area contributed by atoms with Gasteiger partial charge in [-0.05, 0) is 30.5 Å². The number of aliphatic carboxylic acids is 1. The van der Waals surface area contributed by atoms with E-state index in [9.17, 15) is 26.4 Å². The quantitative estimate of drug-likeness (QED) is 0.889. The Kier molecular flexibility index (Phi) is 4.96. The van der Waals surface area contributed by atoms with Crippen molar-refractivity contribution in [3.63, 3.8) is 0 Å². The first-order chi connectivity index (χ1) is 10.9. The Bertz CT molecular complexity index is 725. The first-order valence-corrected chi connectivity index (χ1v) is 8.87. The van der Waals surface area contributed by atoms with E-state index >= 15 is 0 Å². The maximum Gasteiger partial charge on any atom is 0.393 e. The summed E-state index contributed by atoms with van der Waals surface area (Å²) in [5.74, 6) is -6.05. The standard InChI is InChI=1S/C15H18F3NO4S/c1-9-4-3-5-10(2)12(9)8-24(22,23)19-6-11(14(20)21)13(7-19)15(16,17)18/h3-5,11,13H,6-8H2,1-2H3,(H,20,21)/t11-,13-/m1/s1. The molecule has 0 spiro atoms. The van der Waals surface area contributed by atoms with Crippen LogP contribution >= 0.6 is 0 Å². The van der Waals surface area contributed by atoms with Gasteiger partial charge in [0, 0.05) is 13.1 Å². The predicted molar refractivity (Wildman–Crippen MR) is 80.8 cm³/mol. The van der Waals surface area contributed by atoms with E-state index in [0.717, 1.165) is 11.1 Å².